The summed E-state index contributed by atoms with van der Waals surface area (Å²) in [4.78, 5) is 0. The predicted octanol–water partition coefficient (Wildman–Crippen LogP) is 1.66. The van der Waals surface area contributed by atoms with Crippen molar-refractivity contribution < 1.29 is 21.6 Å². The molecule has 0 amide bonds. The summed E-state index contributed by atoms with van der Waals surface area (Å²) in [5.74, 6) is 0. The van der Waals surface area contributed by atoms with Crippen molar-refractivity contribution in [3.63, 3.8) is 0 Å². The van der Waals surface area contributed by atoms with Gasteiger partial charge in [-0.1, -0.05) is 0 Å². The van der Waals surface area contributed by atoms with E-state index in [9.17, 15) is 21.6 Å². The Bertz CT molecular complexity index is 496. The summed E-state index contributed by atoms with van der Waals surface area (Å²) >= 11 is 0. The fraction of sp³-hybridized carbons (Fsp3) is 0.250. The average molecular weight is 254 g/mol. The Morgan fingerprint density at radius 3 is 2.31 bits per heavy atom. The molecule has 0 atom stereocenters. The molecular weight excluding hydrogens is 245 g/mol. The maximum absolute atomic E-state index is 12.4. The van der Waals surface area contributed by atoms with Crippen molar-refractivity contribution in [3.8, 4) is 0 Å². The first kappa shape index (κ1) is 12.6. The van der Waals surface area contributed by atoms with E-state index in [0.717, 1.165) is 18.4 Å². The Morgan fingerprint density at radius 2 is 1.88 bits per heavy atom. The number of nitrogens with one attached hydrogen (secondary N) is 1. The van der Waals surface area contributed by atoms with E-state index in [1.54, 1.807) is 0 Å². The number of rotatable bonds is 2. The number of benzene rings is 1. The van der Waals surface area contributed by atoms with E-state index in [4.69, 9.17) is 5.73 Å². The second-order valence-corrected chi connectivity index (χ2v) is 4.92. The van der Waals surface area contributed by atoms with E-state index in [0.29, 0.717) is 6.07 Å². The molecular formula is C8H9F3N2O2S. The first-order valence-electron chi connectivity index (χ1n) is 4.04. The number of halogens is 3. The highest BCUT2D eigenvalue weighted by Gasteiger charge is 2.33. The molecule has 0 saturated carbocycles. The van der Waals surface area contributed by atoms with Crippen molar-refractivity contribution in [3.05, 3.63) is 23.8 Å². The third-order valence-electron chi connectivity index (χ3n) is 1.66. The van der Waals surface area contributed by atoms with Crippen LogP contribution in [0.5, 0.6) is 0 Å². The molecule has 90 valence electrons. The van der Waals surface area contributed by atoms with Crippen LogP contribution in [0.2, 0.25) is 0 Å². The lowest BCUT2D eigenvalue weighted by Crippen LogP contribution is -2.13. The van der Waals surface area contributed by atoms with Crippen LogP contribution >= 0.6 is 0 Å². The summed E-state index contributed by atoms with van der Waals surface area (Å²) in [6.45, 7) is 0. The molecule has 3 N–H and O–H groups in total. The molecule has 0 fully saturated rings. The zero-order valence-corrected chi connectivity index (χ0v) is 8.98. The molecule has 8 heteroatoms. The molecule has 1 aromatic carbocycles. The van der Waals surface area contributed by atoms with Crippen LogP contribution in [0.15, 0.2) is 18.2 Å². The minimum Gasteiger partial charge on any atom is -0.398 e. The molecule has 1 rings (SSSR count). The van der Waals surface area contributed by atoms with Crippen molar-refractivity contribution in [2.75, 3.05) is 16.7 Å². The highest BCUT2D eigenvalue weighted by Crippen LogP contribution is 2.35. The highest BCUT2D eigenvalue weighted by molar-refractivity contribution is 7.92. The van der Waals surface area contributed by atoms with Crippen LogP contribution in [0, 0.1) is 0 Å². The van der Waals surface area contributed by atoms with Gasteiger partial charge in [0.05, 0.1) is 11.8 Å². The highest BCUT2D eigenvalue weighted by atomic mass is 32.2. The van der Waals surface area contributed by atoms with E-state index in [-0.39, 0.29) is 5.69 Å². The van der Waals surface area contributed by atoms with Crippen LogP contribution in [0.1, 0.15) is 5.56 Å². The summed E-state index contributed by atoms with van der Waals surface area (Å²) < 4.78 is 60.8. The number of alkyl halides is 3. The van der Waals surface area contributed by atoms with Gasteiger partial charge in [0, 0.05) is 11.4 Å². The SMILES string of the molecule is CS(=O)(=O)Nc1ccc(N)c(C(F)(F)F)c1. The molecule has 0 aliphatic rings. The van der Waals surface area contributed by atoms with Gasteiger partial charge < -0.3 is 5.73 Å². The quantitative estimate of drug-likeness (QED) is 0.788. The normalized spacial score (nSPS) is 12.5. The summed E-state index contributed by atoms with van der Waals surface area (Å²) in [5.41, 5.74) is 3.44. The molecule has 0 bridgehead atoms. The molecule has 16 heavy (non-hydrogen) atoms. The second-order valence-electron chi connectivity index (χ2n) is 3.17. The van der Waals surface area contributed by atoms with Gasteiger partial charge in [-0.25, -0.2) is 8.42 Å². The van der Waals surface area contributed by atoms with Gasteiger partial charge >= 0.3 is 6.18 Å². The third-order valence-corrected chi connectivity index (χ3v) is 2.27. The van der Waals surface area contributed by atoms with Crippen LogP contribution in [-0.4, -0.2) is 14.7 Å². The lowest BCUT2D eigenvalue weighted by molar-refractivity contribution is -0.136. The van der Waals surface area contributed by atoms with Crippen LogP contribution in [0.4, 0.5) is 24.5 Å². The van der Waals surface area contributed by atoms with E-state index in [2.05, 4.69) is 0 Å². The molecule has 0 heterocycles. The maximum Gasteiger partial charge on any atom is 0.418 e. The van der Waals surface area contributed by atoms with Gasteiger partial charge in [0.25, 0.3) is 0 Å². The van der Waals surface area contributed by atoms with E-state index >= 15 is 0 Å². The molecule has 4 nitrogen and oxygen atoms in total. The van der Waals surface area contributed by atoms with Gasteiger partial charge in [0.1, 0.15) is 0 Å². The van der Waals surface area contributed by atoms with Gasteiger partial charge in [-0.05, 0) is 18.2 Å². The van der Waals surface area contributed by atoms with Crippen LogP contribution < -0.4 is 10.5 Å². The Balaban J connectivity index is 3.18. The van der Waals surface area contributed by atoms with Crippen molar-refractivity contribution in [1.29, 1.82) is 0 Å². The number of hydrogen-bond acceptors (Lipinski definition) is 3. The van der Waals surface area contributed by atoms with Crippen LogP contribution in [0.3, 0.4) is 0 Å². The zero-order valence-electron chi connectivity index (χ0n) is 8.17. The summed E-state index contributed by atoms with van der Waals surface area (Å²) in [5, 5.41) is 0. The van der Waals surface area contributed by atoms with Crippen molar-refractivity contribution >= 4 is 21.4 Å². The molecule has 1 aromatic rings. The van der Waals surface area contributed by atoms with Crippen molar-refractivity contribution in [1.82, 2.24) is 0 Å². The molecule has 0 saturated heterocycles. The lowest BCUT2D eigenvalue weighted by Gasteiger charge is -2.12. The standard InChI is InChI=1S/C8H9F3N2O2S/c1-16(14,15)13-5-2-3-7(12)6(4-5)8(9,10)11/h2-4,13H,12H2,1H3. The molecule has 0 radical (unpaired) electrons. The second kappa shape index (κ2) is 3.85. The summed E-state index contributed by atoms with van der Waals surface area (Å²) in [7, 11) is -3.61. The molecule has 0 unspecified atom stereocenters. The number of anilines is 2. The largest absolute Gasteiger partial charge is 0.418 e. The van der Waals surface area contributed by atoms with E-state index in [1.807, 2.05) is 4.72 Å². The minimum absolute atomic E-state index is 0.177. The van der Waals surface area contributed by atoms with Gasteiger partial charge in [0.2, 0.25) is 10.0 Å². The average Bonchev–Trinajstić information content (AvgIpc) is 2.04. The Kier molecular flexibility index (Phi) is 3.04. The number of hydrogen-bond donors (Lipinski definition) is 2. The monoisotopic (exact) mass is 254 g/mol. The number of sulfonamides is 1. The van der Waals surface area contributed by atoms with Crippen LogP contribution in [-0.2, 0) is 16.2 Å². The summed E-state index contributed by atoms with van der Waals surface area (Å²) in [6, 6.07) is 2.80. The molecule has 0 aromatic heterocycles. The summed E-state index contributed by atoms with van der Waals surface area (Å²) in [6.07, 6.45) is -3.77. The Labute approximate surface area is 90.3 Å². The van der Waals surface area contributed by atoms with Crippen molar-refractivity contribution in [2.45, 2.75) is 6.18 Å². The Morgan fingerprint density at radius 1 is 1.31 bits per heavy atom. The first-order valence-corrected chi connectivity index (χ1v) is 5.93. The van der Waals surface area contributed by atoms with Gasteiger partial charge in [-0.15, -0.1) is 0 Å². The van der Waals surface area contributed by atoms with Gasteiger partial charge in [0.15, 0.2) is 0 Å². The van der Waals surface area contributed by atoms with Gasteiger partial charge in [-0.3, -0.25) is 4.72 Å². The van der Waals surface area contributed by atoms with Crippen molar-refractivity contribution in [2.24, 2.45) is 0 Å². The molecule has 0 aliphatic carbocycles. The number of nitrogen functional groups attached to an aromatic ring is 1. The maximum atomic E-state index is 12.4. The van der Waals surface area contributed by atoms with Gasteiger partial charge in [-0.2, -0.15) is 13.2 Å². The molecule has 0 aliphatic heterocycles. The first-order chi connectivity index (χ1) is 7.09. The Hall–Kier alpha value is -1.44. The van der Waals surface area contributed by atoms with E-state index < -0.39 is 27.5 Å². The smallest absolute Gasteiger partial charge is 0.398 e. The zero-order chi connectivity index (χ0) is 12.6. The molecule has 0 spiro atoms. The van der Waals surface area contributed by atoms with E-state index in [1.165, 1.54) is 0 Å². The third kappa shape index (κ3) is 3.30. The number of nitrogens with two attached hydrogens (primary N) is 1. The predicted molar refractivity (Wildman–Crippen MR) is 54.3 cm³/mol. The fourth-order valence-corrected chi connectivity index (χ4v) is 1.63. The fourth-order valence-electron chi connectivity index (χ4n) is 1.08. The lowest BCUT2D eigenvalue weighted by atomic mass is 10.1. The topological polar surface area (TPSA) is 72.2 Å². The minimum atomic E-state index is -4.61. The van der Waals surface area contributed by atoms with Crippen LogP contribution in [0.25, 0.3) is 0 Å².